The number of fused-ring (bicyclic) bond motifs is 5. The smallest absolute Gasteiger partial charge is 0.0967 e. The number of rotatable bonds is 5. The van der Waals surface area contributed by atoms with Gasteiger partial charge in [0.15, 0.2) is 0 Å². The van der Waals surface area contributed by atoms with Crippen molar-refractivity contribution in [2.75, 3.05) is 39.3 Å². The second kappa shape index (κ2) is 10.8. The largest absolute Gasteiger partial charge is 0.311 e. The van der Waals surface area contributed by atoms with Gasteiger partial charge >= 0.3 is 0 Å². The summed E-state index contributed by atoms with van der Waals surface area (Å²) in [6, 6.07) is 16.7. The van der Waals surface area contributed by atoms with Crippen molar-refractivity contribution in [1.82, 2.24) is 35.8 Å². The van der Waals surface area contributed by atoms with Crippen LogP contribution in [0.1, 0.15) is 17.0 Å². The number of benzene rings is 1. The minimum Gasteiger partial charge on any atom is -0.311 e. The van der Waals surface area contributed by atoms with E-state index in [2.05, 4.69) is 73.3 Å². The van der Waals surface area contributed by atoms with Gasteiger partial charge < -0.3 is 16.0 Å². The van der Waals surface area contributed by atoms with Gasteiger partial charge in [-0.05, 0) is 29.8 Å². The first-order chi connectivity index (χ1) is 16.4. The van der Waals surface area contributed by atoms with E-state index in [0.29, 0.717) is 0 Å². The van der Waals surface area contributed by atoms with Crippen LogP contribution in [0.5, 0.6) is 0 Å². The van der Waals surface area contributed by atoms with Crippen molar-refractivity contribution in [2.24, 2.45) is 0 Å². The number of nitrogens with zero attached hydrogens (tertiary/aromatic N) is 4. The average molecular weight is 442 g/mol. The lowest BCUT2D eigenvalue weighted by molar-refractivity contribution is 0.270. The number of aromatic nitrogens is 3. The summed E-state index contributed by atoms with van der Waals surface area (Å²) in [5, 5.41) is 13.0. The van der Waals surface area contributed by atoms with Gasteiger partial charge in [-0.3, -0.25) is 19.9 Å². The van der Waals surface area contributed by atoms with E-state index in [-0.39, 0.29) is 0 Å². The molecule has 0 aliphatic carbocycles. The topological polar surface area (TPSA) is 78.0 Å². The normalized spacial score (nSPS) is 15.9. The molecule has 1 aliphatic heterocycles. The molecule has 0 unspecified atom stereocenters. The Labute approximate surface area is 194 Å². The van der Waals surface area contributed by atoms with Gasteiger partial charge in [-0.25, -0.2) is 0 Å². The molecule has 0 atom stereocenters. The van der Waals surface area contributed by atoms with Crippen molar-refractivity contribution < 1.29 is 0 Å². The summed E-state index contributed by atoms with van der Waals surface area (Å²) in [5.74, 6) is 0. The summed E-state index contributed by atoms with van der Waals surface area (Å²) < 4.78 is 0. The Morgan fingerprint density at radius 2 is 1.61 bits per heavy atom. The SMILES string of the molecule is c1cc2nc(c1)CNCCN(CCNCc1ccnc3c1ccc1cccnc13)CCNC2. The van der Waals surface area contributed by atoms with Crippen LogP contribution in [0.3, 0.4) is 0 Å². The van der Waals surface area contributed by atoms with Gasteiger partial charge in [-0.1, -0.05) is 24.3 Å². The zero-order valence-corrected chi connectivity index (χ0v) is 18.9. The van der Waals surface area contributed by atoms with E-state index in [1.54, 1.807) is 0 Å². The van der Waals surface area contributed by atoms with Crippen LogP contribution >= 0.6 is 0 Å². The van der Waals surface area contributed by atoms with Crippen molar-refractivity contribution >= 4 is 21.8 Å². The number of hydrogen-bond donors (Lipinski definition) is 3. The first kappa shape index (κ1) is 21.9. The van der Waals surface area contributed by atoms with Crippen molar-refractivity contribution in [1.29, 1.82) is 0 Å². The van der Waals surface area contributed by atoms with Crippen LogP contribution in [0, 0.1) is 0 Å². The lowest BCUT2D eigenvalue weighted by atomic mass is 10.1. The van der Waals surface area contributed by atoms with Gasteiger partial charge in [0, 0.05) is 82.1 Å². The highest BCUT2D eigenvalue weighted by atomic mass is 15.2. The third-order valence-electron chi connectivity index (χ3n) is 6.18. The maximum Gasteiger partial charge on any atom is 0.0967 e. The van der Waals surface area contributed by atoms with E-state index in [4.69, 9.17) is 4.98 Å². The average Bonchev–Trinajstić information content (AvgIpc) is 2.86. The Balaban J connectivity index is 1.16. The molecule has 1 aromatic carbocycles. The molecular weight excluding hydrogens is 410 g/mol. The Morgan fingerprint density at radius 3 is 2.42 bits per heavy atom. The summed E-state index contributed by atoms with van der Waals surface area (Å²) in [7, 11) is 0. The lowest BCUT2D eigenvalue weighted by Crippen LogP contribution is -2.40. The summed E-state index contributed by atoms with van der Waals surface area (Å²) in [6.07, 6.45) is 3.73. The summed E-state index contributed by atoms with van der Waals surface area (Å²) in [5.41, 5.74) is 5.43. The van der Waals surface area contributed by atoms with Crippen molar-refractivity contribution in [3.8, 4) is 0 Å². The molecule has 2 bridgehead atoms. The van der Waals surface area contributed by atoms with Crippen LogP contribution < -0.4 is 16.0 Å². The Bertz CT molecular complexity index is 1180. The van der Waals surface area contributed by atoms with Gasteiger partial charge in [0.25, 0.3) is 0 Å². The van der Waals surface area contributed by atoms with Gasteiger partial charge in [0.1, 0.15) is 0 Å². The highest BCUT2D eigenvalue weighted by molar-refractivity contribution is 6.03. The summed E-state index contributed by atoms with van der Waals surface area (Å²) in [4.78, 5) is 16.4. The second-order valence-corrected chi connectivity index (χ2v) is 8.50. The quantitative estimate of drug-likeness (QED) is 0.324. The predicted molar refractivity (Wildman–Crippen MR) is 133 cm³/mol. The van der Waals surface area contributed by atoms with Crippen LogP contribution in [0.4, 0.5) is 0 Å². The van der Waals surface area contributed by atoms with Crippen molar-refractivity contribution in [3.63, 3.8) is 0 Å². The predicted octanol–water partition coefficient (Wildman–Crippen LogP) is 2.46. The number of hydrogen-bond acceptors (Lipinski definition) is 7. The molecule has 0 amide bonds. The lowest BCUT2D eigenvalue weighted by Gasteiger charge is -2.23. The third kappa shape index (κ3) is 5.51. The standard InChI is InChI=1S/C26H31N7/c1-4-22-18-28-12-15-33(16-13-29-19-23(5-1)32-22)14-11-27-17-21-8-10-31-26-24(21)7-6-20-3-2-9-30-25(20)26/h1-10,27-29H,11-19H2. The molecule has 4 aromatic rings. The maximum atomic E-state index is 4.70. The van der Waals surface area contributed by atoms with Gasteiger partial charge in [0.2, 0.25) is 0 Å². The first-order valence-corrected chi connectivity index (χ1v) is 11.8. The minimum absolute atomic E-state index is 0.818. The molecule has 0 spiro atoms. The van der Waals surface area contributed by atoms with E-state index in [1.807, 2.05) is 18.5 Å². The fourth-order valence-electron chi connectivity index (χ4n) is 4.39. The van der Waals surface area contributed by atoms with Crippen molar-refractivity contribution in [2.45, 2.75) is 19.6 Å². The molecule has 4 heterocycles. The zero-order chi connectivity index (χ0) is 22.3. The van der Waals surface area contributed by atoms with E-state index < -0.39 is 0 Å². The molecule has 170 valence electrons. The van der Waals surface area contributed by atoms with Gasteiger partial charge in [0.05, 0.1) is 22.4 Å². The molecule has 7 heteroatoms. The Hall–Kier alpha value is -2.97. The molecular formula is C26H31N7. The maximum absolute atomic E-state index is 4.70. The zero-order valence-electron chi connectivity index (χ0n) is 18.9. The van der Waals surface area contributed by atoms with Gasteiger partial charge in [-0.2, -0.15) is 0 Å². The number of pyridine rings is 3. The van der Waals surface area contributed by atoms with E-state index in [9.17, 15) is 0 Å². The summed E-state index contributed by atoms with van der Waals surface area (Å²) >= 11 is 0. The molecule has 7 nitrogen and oxygen atoms in total. The van der Waals surface area contributed by atoms with E-state index in [1.165, 1.54) is 10.9 Å². The fourth-order valence-corrected chi connectivity index (χ4v) is 4.39. The second-order valence-electron chi connectivity index (χ2n) is 8.50. The van der Waals surface area contributed by atoms with Crippen LogP contribution in [0.15, 0.2) is 60.9 Å². The Morgan fingerprint density at radius 1 is 0.818 bits per heavy atom. The highest BCUT2D eigenvalue weighted by Gasteiger charge is 2.09. The highest BCUT2D eigenvalue weighted by Crippen LogP contribution is 2.24. The molecule has 0 fully saturated rings. The monoisotopic (exact) mass is 441 g/mol. The molecule has 3 N–H and O–H groups in total. The molecule has 0 radical (unpaired) electrons. The molecule has 5 rings (SSSR count). The van der Waals surface area contributed by atoms with Crippen LogP contribution in [-0.4, -0.2) is 59.1 Å². The molecule has 0 saturated carbocycles. The molecule has 3 aromatic heterocycles. The molecule has 33 heavy (non-hydrogen) atoms. The van der Waals surface area contributed by atoms with Crippen LogP contribution in [-0.2, 0) is 19.6 Å². The summed E-state index contributed by atoms with van der Waals surface area (Å²) in [6.45, 7) is 8.38. The van der Waals surface area contributed by atoms with E-state index in [0.717, 1.165) is 86.7 Å². The number of nitrogens with one attached hydrogen (secondary N) is 3. The Kier molecular flexibility index (Phi) is 7.13. The van der Waals surface area contributed by atoms with Crippen LogP contribution in [0.2, 0.25) is 0 Å². The van der Waals surface area contributed by atoms with Gasteiger partial charge in [-0.15, -0.1) is 0 Å². The molecule has 0 saturated heterocycles. The first-order valence-electron chi connectivity index (χ1n) is 11.8. The third-order valence-corrected chi connectivity index (χ3v) is 6.18. The minimum atomic E-state index is 0.818. The fraction of sp³-hybridized carbons (Fsp3) is 0.346. The van der Waals surface area contributed by atoms with Crippen molar-refractivity contribution in [3.05, 3.63) is 77.9 Å². The van der Waals surface area contributed by atoms with E-state index >= 15 is 0 Å². The molecule has 1 aliphatic rings. The van der Waals surface area contributed by atoms with Crippen LogP contribution in [0.25, 0.3) is 21.8 Å².